The molecule has 5 heteroatoms. The van der Waals surface area contributed by atoms with Crippen LogP contribution in [-0.2, 0) is 10.5 Å². The molecule has 0 bridgehead atoms. The first-order valence-electron chi connectivity index (χ1n) is 8.36. The Kier molecular flexibility index (Phi) is 5.65. The van der Waals surface area contributed by atoms with Crippen LogP contribution >= 0.6 is 23.1 Å². The van der Waals surface area contributed by atoms with Gasteiger partial charge < -0.3 is 5.32 Å². The minimum Gasteiger partial charge on any atom is -0.353 e. The molecular formula is C21H20N2OS2. The van der Waals surface area contributed by atoms with Crippen molar-refractivity contribution in [1.82, 2.24) is 5.32 Å². The molecule has 1 aromatic heterocycles. The number of nitriles is 1. The smallest absolute Gasteiger partial charge is 0.158 e. The number of hydrogen-bond acceptors (Lipinski definition) is 5. The summed E-state index contributed by atoms with van der Waals surface area (Å²) in [4.78, 5) is 13.4. The number of thioether (sulfide) groups is 1. The summed E-state index contributed by atoms with van der Waals surface area (Å²) in [5.74, 6) is 0.498. The third kappa shape index (κ3) is 3.62. The molecule has 0 spiro atoms. The van der Waals surface area contributed by atoms with Crippen molar-refractivity contribution in [2.45, 2.75) is 32.4 Å². The maximum atomic E-state index is 12.3. The second-order valence-corrected chi connectivity index (χ2v) is 8.18. The molecule has 1 aliphatic rings. The molecule has 0 saturated heterocycles. The minimum absolute atomic E-state index is 0.00709. The number of ketones is 1. The van der Waals surface area contributed by atoms with Crippen molar-refractivity contribution >= 4 is 28.9 Å². The van der Waals surface area contributed by atoms with Crippen molar-refractivity contribution in [3.63, 3.8) is 0 Å². The van der Waals surface area contributed by atoms with Gasteiger partial charge in [-0.2, -0.15) is 5.26 Å². The third-order valence-electron chi connectivity index (χ3n) is 4.42. The van der Waals surface area contributed by atoms with E-state index in [9.17, 15) is 10.1 Å². The van der Waals surface area contributed by atoms with Crippen LogP contribution in [0.2, 0.25) is 0 Å². The number of hydrogen-bond donors (Lipinski definition) is 1. The van der Waals surface area contributed by atoms with Crippen LogP contribution in [0.4, 0.5) is 0 Å². The molecule has 0 unspecified atom stereocenters. The summed E-state index contributed by atoms with van der Waals surface area (Å²) in [5, 5.41) is 16.1. The van der Waals surface area contributed by atoms with Crippen molar-refractivity contribution in [3.8, 4) is 6.07 Å². The third-order valence-corrected chi connectivity index (χ3v) is 6.59. The van der Waals surface area contributed by atoms with E-state index in [0.29, 0.717) is 11.1 Å². The van der Waals surface area contributed by atoms with Crippen LogP contribution < -0.4 is 5.32 Å². The Labute approximate surface area is 162 Å². The summed E-state index contributed by atoms with van der Waals surface area (Å²) in [5.41, 5.74) is 4.48. The fourth-order valence-electron chi connectivity index (χ4n) is 3.17. The molecule has 0 radical (unpaired) electrons. The Morgan fingerprint density at radius 2 is 2.00 bits per heavy atom. The predicted molar refractivity (Wildman–Crippen MR) is 109 cm³/mol. The first-order chi connectivity index (χ1) is 12.5. The van der Waals surface area contributed by atoms with Gasteiger partial charge in [-0.3, -0.25) is 4.79 Å². The summed E-state index contributed by atoms with van der Waals surface area (Å²) >= 11 is 3.22. The van der Waals surface area contributed by atoms with E-state index in [1.54, 1.807) is 30.0 Å². The van der Waals surface area contributed by atoms with Gasteiger partial charge >= 0.3 is 0 Å². The van der Waals surface area contributed by atoms with Gasteiger partial charge in [0, 0.05) is 21.9 Å². The lowest BCUT2D eigenvalue weighted by atomic mass is 9.84. The number of Topliss-reactive ketones (excluding diaryl/α,β-unsaturated/α-hetero) is 1. The molecule has 0 saturated carbocycles. The molecule has 1 N–H and O–H groups in total. The highest BCUT2D eigenvalue weighted by molar-refractivity contribution is 8.02. The zero-order valence-electron chi connectivity index (χ0n) is 15.0. The molecule has 26 heavy (non-hydrogen) atoms. The standard InChI is InChI=1S/C21H20N2OS2/c1-13-9-10-25-20(13)19-17(11-22)21(23-14(2)18(19)15(3)24)26-12-16-7-5-4-6-8-16/h4-10,19,23H,12H2,1-3H3/t19-/m1/s1. The zero-order chi connectivity index (χ0) is 18.7. The molecule has 0 amide bonds. The quantitative estimate of drug-likeness (QED) is 0.767. The molecule has 1 atom stereocenters. The van der Waals surface area contributed by atoms with Gasteiger partial charge in [0.25, 0.3) is 0 Å². The lowest BCUT2D eigenvalue weighted by molar-refractivity contribution is -0.113. The number of nitrogens with one attached hydrogen (secondary N) is 1. The topological polar surface area (TPSA) is 52.9 Å². The molecule has 3 rings (SSSR count). The Morgan fingerprint density at radius 3 is 2.58 bits per heavy atom. The number of dihydropyridines is 1. The van der Waals surface area contributed by atoms with E-state index in [4.69, 9.17) is 0 Å². The summed E-state index contributed by atoms with van der Waals surface area (Å²) in [7, 11) is 0. The van der Waals surface area contributed by atoms with Crippen LogP contribution in [0, 0.1) is 18.3 Å². The molecule has 1 aliphatic heterocycles. The number of benzene rings is 1. The van der Waals surface area contributed by atoms with E-state index in [1.807, 2.05) is 43.5 Å². The van der Waals surface area contributed by atoms with E-state index in [1.165, 1.54) is 5.56 Å². The minimum atomic E-state index is -0.281. The van der Waals surface area contributed by atoms with Crippen LogP contribution in [0.3, 0.4) is 0 Å². The van der Waals surface area contributed by atoms with Crippen molar-refractivity contribution < 1.29 is 4.79 Å². The molecule has 132 valence electrons. The van der Waals surface area contributed by atoms with Crippen molar-refractivity contribution in [2.24, 2.45) is 0 Å². The molecule has 2 heterocycles. The van der Waals surface area contributed by atoms with E-state index in [2.05, 4.69) is 23.5 Å². The summed E-state index contributed by atoms with van der Waals surface area (Å²) in [6.45, 7) is 5.53. The number of aryl methyl sites for hydroxylation is 1. The van der Waals surface area contributed by atoms with Gasteiger partial charge in [-0.1, -0.05) is 30.3 Å². The summed E-state index contributed by atoms with van der Waals surface area (Å²) < 4.78 is 0. The zero-order valence-corrected chi connectivity index (χ0v) is 16.6. The second-order valence-electron chi connectivity index (χ2n) is 6.25. The highest BCUT2D eigenvalue weighted by Gasteiger charge is 2.34. The second kappa shape index (κ2) is 7.94. The van der Waals surface area contributed by atoms with Crippen LogP contribution in [-0.4, -0.2) is 5.78 Å². The van der Waals surface area contributed by atoms with Crippen molar-refractivity contribution in [2.75, 3.05) is 0 Å². The first kappa shape index (κ1) is 18.5. The maximum Gasteiger partial charge on any atom is 0.158 e. The summed E-state index contributed by atoms with van der Waals surface area (Å²) in [6.07, 6.45) is 0. The fourth-order valence-corrected chi connectivity index (χ4v) is 5.26. The number of allylic oxidation sites excluding steroid dienone is 3. The van der Waals surface area contributed by atoms with Crippen molar-refractivity contribution in [3.05, 3.63) is 79.7 Å². The highest BCUT2D eigenvalue weighted by atomic mass is 32.2. The van der Waals surface area contributed by atoms with E-state index < -0.39 is 0 Å². The average Bonchev–Trinajstić information content (AvgIpc) is 3.05. The molecule has 1 aromatic carbocycles. The fraction of sp³-hybridized carbons (Fsp3) is 0.238. The lowest BCUT2D eigenvalue weighted by Crippen LogP contribution is -2.26. The lowest BCUT2D eigenvalue weighted by Gasteiger charge is -2.29. The Morgan fingerprint density at radius 1 is 1.27 bits per heavy atom. The number of thiophene rings is 1. The average molecular weight is 381 g/mol. The van der Waals surface area contributed by atoms with E-state index in [-0.39, 0.29) is 11.7 Å². The van der Waals surface area contributed by atoms with E-state index in [0.717, 1.165) is 26.9 Å². The highest BCUT2D eigenvalue weighted by Crippen LogP contribution is 2.44. The largest absolute Gasteiger partial charge is 0.353 e. The Bertz CT molecular complexity index is 932. The molecule has 0 aliphatic carbocycles. The number of carbonyl (C=O) groups is 1. The Balaban J connectivity index is 2.02. The van der Waals surface area contributed by atoms with Crippen molar-refractivity contribution in [1.29, 1.82) is 5.26 Å². The van der Waals surface area contributed by atoms with Gasteiger partial charge in [-0.05, 0) is 43.3 Å². The first-order valence-corrected chi connectivity index (χ1v) is 10.2. The number of carbonyl (C=O) groups excluding carboxylic acids is 1. The monoisotopic (exact) mass is 380 g/mol. The summed E-state index contributed by atoms with van der Waals surface area (Å²) in [6, 6.07) is 14.6. The molecular weight excluding hydrogens is 360 g/mol. The van der Waals surface area contributed by atoms with Gasteiger partial charge in [-0.15, -0.1) is 23.1 Å². The Hall–Kier alpha value is -2.29. The van der Waals surface area contributed by atoms with Crippen LogP contribution in [0.15, 0.2) is 63.7 Å². The van der Waals surface area contributed by atoms with Gasteiger partial charge in [-0.25, -0.2) is 0 Å². The van der Waals surface area contributed by atoms with Crippen LogP contribution in [0.5, 0.6) is 0 Å². The SMILES string of the molecule is CC(=O)C1=C(C)NC(SCc2ccccc2)=C(C#N)[C@H]1c1sccc1C. The molecule has 0 fully saturated rings. The van der Waals surface area contributed by atoms with E-state index >= 15 is 0 Å². The number of nitrogens with zero attached hydrogens (tertiary/aromatic N) is 1. The molecule has 3 nitrogen and oxygen atoms in total. The van der Waals surface area contributed by atoms with Gasteiger partial charge in [0.15, 0.2) is 5.78 Å². The van der Waals surface area contributed by atoms with Gasteiger partial charge in [0.2, 0.25) is 0 Å². The maximum absolute atomic E-state index is 12.3. The van der Waals surface area contributed by atoms with Crippen LogP contribution in [0.25, 0.3) is 0 Å². The number of rotatable bonds is 5. The molecule has 2 aromatic rings. The van der Waals surface area contributed by atoms with Gasteiger partial charge in [0.05, 0.1) is 22.6 Å². The normalized spacial score (nSPS) is 17.1. The van der Waals surface area contributed by atoms with Gasteiger partial charge in [0.1, 0.15) is 0 Å². The van der Waals surface area contributed by atoms with Crippen LogP contribution in [0.1, 0.15) is 35.8 Å². The predicted octanol–water partition coefficient (Wildman–Crippen LogP) is 5.27.